The van der Waals surface area contributed by atoms with Crippen LogP contribution in [-0.2, 0) is 4.74 Å². The standard InChI is InChI=1S/C28H29NO3/c1-19-24-17-25(20-7-8-20)26(29-13-15-30-16-14-29)18-27(24)32-28(19)21-9-11-23(12-10-21)31-22-5-3-2-4-6-22/h2-6,9-12,17-20,28H,7-8,13-16H2,1H3. The van der Waals surface area contributed by atoms with E-state index in [9.17, 15) is 0 Å². The molecule has 4 heteroatoms. The summed E-state index contributed by atoms with van der Waals surface area (Å²) in [6, 6.07) is 23.0. The molecule has 0 amide bonds. The van der Waals surface area contributed by atoms with Gasteiger partial charge in [0.25, 0.3) is 0 Å². The first kappa shape index (κ1) is 19.7. The molecule has 1 saturated carbocycles. The average Bonchev–Trinajstić information content (AvgIpc) is 3.64. The first-order valence-electron chi connectivity index (χ1n) is 11.8. The third-order valence-corrected chi connectivity index (χ3v) is 6.91. The minimum Gasteiger partial charge on any atom is -0.485 e. The molecule has 2 aliphatic heterocycles. The van der Waals surface area contributed by atoms with Crippen LogP contribution in [0.1, 0.15) is 54.4 Å². The van der Waals surface area contributed by atoms with E-state index in [1.54, 1.807) is 0 Å². The molecule has 6 rings (SSSR count). The van der Waals surface area contributed by atoms with Gasteiger partial charge in [-0.15, -0.1) is 0 Å². The lowest BCUT2D eigenvalue weighted by molar-refractivity contribution is 0.122. The monoisotopic (exact) mass is 427 g/mol. The van der Waals surface area contributed by atoms with Gasteiger partial charge < -0.3 is 19.1 Å². The predicted molar refractivity (Wildman–Crippen MR) is 126 cm³/mol. The molecule has 2 atom stereocenters. The first-order valence-corrected chi connectivity index (χ1v) is 11.8. The van der Waals surface area contributed by atoms with E-state index in [0.29, 0.717) is 11.8 Å². The minimum absolute atomic E-state index is 0.0303. The van der Waals surface area contributed by atoms with Crippen molar-refractivity contribution < 1.29 is 14.2 Å². The molecule has 3 aromatic carbocycles. The van der Waals surface area contributed by atoms with E-state index in [0.717, 1.165) is 43.6 Å². The smallest absolute Gasteiger partial charge is 0.130 e. The largest absolute Gasteiger partial charge is 0.485 e. The van der Waals surface area contributed by atoms with Gasteiger partial charge in [-0.3, -0.25) is 0 Å². The average molecular weight is 428 g/mol. The quantitative estimate of drug-likeness (QED) is 0.469. The number of anilines is 1. The van der Waals surface area contributed by atoms with Crippen LogP contribution in [0.25, 0.3) is 0 Å². The van der Waals surface area contributed by atoms with Gasteiger partial charge in [0.05, 0.1) is 13.2 Å². The van der Waals surface area contributed by atoms with Gasteiger partial charge in [0.15, 0.2) is 0 Å². The summed E-state index contributed by atoms with van der Waals surface area (Å²) < 4.78 is 18.1. The topological polar surface area (TPSA) is 30.9 Å². The van der Waals surface area contributed by atoms with Crippen molar-refractivity contribution in [3.05, 3.63) is 83.4 Å². The molecule has 3 aliphatic rings. The van der Waals surface area contributed by atoms with E-state index in [-0.39, 0.29) is 6.10 Å². The highest BCUT2D eigenvalue weighted by molar-refractivity contribution is 5.64. The third kappa shape index (κ3) is 3.73. The summed E-state index contributed by atoms with van der Waals surface area (Å²) >= 11 is 0. The Kier molecular flexibility index (Phi) is 5.03. The Hall–Kier alpha value is -2.98. The molecular formula is C28H29NO3. The molecule has 1 saturated heterocycles. The molecule has 2 heterocycles. The number of para-hydroxylation sites is 1. The molecule has 3 aromatic rings. The lowest BCUT2D eigenvalue weighted by atomic mass is 9.90. The molecule has 0 aromatic heterocycles. The number of nitrogens with zero attached hydrogens (tertiary/aromatic N) is 1. The van der Waals surface area contributed by atoms with Crippen LogP contribution >= 0.6 is 0 Å². The zero-order valence-electron chi connectivity index (χ0n) is 18.5. The molecule has 0 bridgehead atoms. The maximum Gasteiger partial charge on any atom is 0.130 e. The van der Waals surface area contributed by atoms with Crippen LogP contribution in [0.5, 0.6) is 17.2 Å². The summed E-state index contributed by atoms with van der Waals surface area (Å²) in [5, 5.41) is 0. The Bertz CT molecular complexity index is 1090. The zero-order valence-corrected chi connectivity index (χ0v) is 18.5. The van der Waals surface area contributed by atoms with Crippen molar-refractivity contribution in [3.63, 3.8) is 0 Å². The second kappa shape index (κ2) is 8.18. The molecule has 0 radical (unpaired) electrons. The van der Waals surface area contributed by atoms with E-state index in [2.05, 4.69) is 36.1 Å². The van der Waals surface area contributed by atoms with Crippen LogP contribution in [0.2, 0.25) is 0 Å². The molecule has 1 aliphatic carbocycles. The second-order valence-electron chi connectivity index (χ2n) is 9.13. The molecule has 2 unspecified atom stereocenters. The van der Waals surface area contributed by atoms with Crippen LogP contribution < -0.4 is 14.4 Å². The second-order valence-corrected chi connectivity index (χ2v) is 9.13. The highest BCUT2D eigenvalue weighted by Gasteiger charge is 2.36. The van der Waals surface area contributed by atoms with Crippen molar-refractivity contribution in [2.24, 2.45) is 0 Å². The van der Waals surface area contributed by atoms with E-state index in [1.165, 1.54) is 35.2 Å². The first-order chi connectivity index (χ1) is 15.8. The van der Waals surface area contributed by atoms with Crippen molar-refractivity contribution >= 4 is 5.69 Å². The van der Waals surface area contributed by atoms with Gasteiger partial charge in [-0.05, 0) is 60.2 Å². The summed E-state index contributed by atoms with van der Waals surface area (Å²) in [6.45, 7) is 5.81. The van der Waals surface area contributed by atoms with Gasteiger partial charge >= 0.3 is 0 Å². The Morgan fingerprint density at radius 3 is 2.28 bits per heavy atom. The molecule has 0 spiro atoms. The maximum absolute atomic E-state index is 6.55. The summed E-state index contributed by atoms with van der Waals surface area (Å²) in [4.78, 5) is 2.48. The molecule has 0 N–H and O–H groups in total. The van der Waals surface area contributed by atoms with Gasteiger partial charge in [0, 0.05) is 36.3 Å². The number of ether oxygens (including phenoxy) is 3. The third-order valence-electron chi connectivity index (χ3n) is 6.91. The SMILES string of the molecule is CC1c2cc(C3CC3)c(N3CCOCC3)cc2OC1c1ccc(Oc2ccccc2)cc1. The lowest BCUT2D eigenvalue weighted by Crippen LogP contribution is -2.36. The molecule has 2 fully saturated rings. The van der Waals surface area contributed by atoms with Crippen molar-refractivity contribution in [2.45, 2.75) is 37.7 Å². The van der Waals surface area contributed by atoms with Crippen LogP contribution in [-0.4, -0.2) is 26.3 Å². The molecular weight excluding hydrogens is 398 g/mol. The van der Waals surface area contributed by atoms with Gasteiger partial charge in [-0.2, -0.15) is 0 Å². The number of fused-ring (bicyclic) bond motifs is 1. The Morgan fingerprint density at radius 2 is 1.56 bits per heavy atom. The normalized spacial score (nSPS) is 22.3. The van der Waals surface area contributed by atoms with E-state index >= 15 is 0 Å². The van der Waals surface area contributed by atoms with Crippen molar-refractivity contribution in [3.8, 4) is 17.2 Å². The van der Waals surface area contributed by atoms with Crippen LogP contribution in [0, 0.1) is 0 Å². The Morgan fingerprint density at radius 1 is 0.844 bits per heavy atom. The van der Waals surface area contributed by atoms with Gasteiger partial charge in [0.1, 0.15) is 23.4 Å². The van der Waals surface area contributed by atoms with Gasteiger partial charge in [-0.1, -0.05) is 37.3 Å². The van der Waals surface area contributed by atoms with Gasteiger partial charge in [0.2, 0.25) is 0 Å². The Labute approximate surface area is 189 Å². The summed E-state index contributed by atoms with van der Waals surface area (Å²) in [5.41, 5.74) is 5.40. The number of hydrogen-bond donors (Lipinski definition) is 0. The highest BCUT2D eigenvalue weighted by Crippen LogP contribution is 2.52. The lowest BCUT2D eigenvalue weighted by Gasteiger charge is -2.31. The molecule has 32 heavy (non-hydrogen) atoms. The highest BCUT2D eigenvalue weighted by atomic mass is 16.5. The maximum atomic E-state index is 6.55. The number of hydrogen-bond acceptors (Lipinski definition) is 4. The van der Waals surface area contributed by atoms with E-state index < -0.39 is 0 Å². The van der Waals surface area contributed by atoms with Crippen LogP contribution in [0.4, 0.5) is 5.69 Å². The van der Waals surface area contributed by atoms with Crippen molar-refractivity contribution in [1.29, 1.82) is 0 Å². The van der Waals surface area contributed by atoms with Crippen LogP contribution in [0.15, 0.2) is 66.7 Å². The van der Waals surface area contributed by atoms with Crippen LogP contribution in [0.3, 0.4) is 0 Å². The Balaban J connectivity index is 1.25. The van der Waals surface area contributed by atoms with E-state index in [4.69, 9.17) is 14.2 Å². The van der Waals surface area contributed by atoms with E-state index in [1.807, 2.05) is 42.5 Å². The van der Waals surface area contributed by atoms with Crippen molar-refractivity contribution in [1.82, 2.24) is 0 Å². The summed E-state index contributed by atoms with van der Waals surface area (Å²) in [7, 11) is 0. The predicted octanol–water partition coefficient (Wildman–Crippen LogP) is 6.43. The fraction of sp³-hybridized carbons (Fsp3) is 0.357. The number of benzene rings is 3. The zero-order chi connectivity index (χ0) is 21.5. The van der Waals surface area contributed by atoms with Gasteiger partial charge in [-0.25, -0.2) is 0 Å². The van der Waals surface area contributed by atoms with Crippen molar-refractivity contribution in [2.75, 3.05) is 31.2 Å². The summed E-state index contributed by atoms with van der Waals surface area (Å²) in [6.07, 6.45) is 2.64. The number of morpholine rings is 1. The molecule has 164 valence electrons. The summed E-state index contributed by atoms with van der Waals surface area (Å²) in [5.74, 6) is 3.76. The fourth-order valence-electron chi connectivity index (χ4n) is 4.97. The minimum atomic E-state index is 0.0303. The molecule has 4 nitrogen and oxygen atoms in total. The fourth-order valence-corrected chi connectivity index (χ4v) is 4.97. The number of rotatable bonds is 5.